The number of aliphatic imine (C=N–C) groups is 1. The highest BCUT2D eigenvalue weighted by molar-refractivity contribution is 6.11. The molecule has 1 N–H and O–H groups in total. The normalized spacial score (nSPS) is 18.7. The second-order valence-corrected chi connectivity index (χ2v) is 8.92. The van der Waals surface area contributed by atoms with Gasteiger partial charge in [0.25, 0.3) is 0 Å². The Morgan fingerprint density at radius 2 is 1.72 bits per heavy atom. The van der Waals surface area contributed by atoms with Crippen LogP contribution in [0.5, 0.6) is 5.75 Å². The van der Waals surface area contributed by atoms with Crippen molar-refractivity contribution in [1.82, 2.24) is 15.3 Å². The Morgan fingerprint density at radius 3 is 2.50 bits per heavy atom. The van der Waals surface area contributed by atoms with E-state index >= 15 is 0 Å². The van der Waals surface area contributed by atoms with E-state index in [2.05, 4.69) is 72.8 Å². The van der Waals surface area contributed by atoms with Crippen LogP contribution in [0.3, 0.4) is 0 Å². The summed E-state index contributed by atoms with van der Waals surface area (Å²) in [6.45, 7) is 9.27. The molecule has 1 saturated heterocycles. The number of ether oxygens (including phenoxy) is 1. The third-order valence-corrected chi connectivity index (χ3v) is 6.69. The third-order valence-electron chi connectivity index (χ3n) is 6.69. The molecule has 2 aromatic carbocycles. The molecule has 1 fully saturated rings. The van der Waals surface area contributed by atoms with E-state index in [1.165, 1.54) is 54.6 Å². The molecule has 0 spiro atoms. The van der Waals surface area contributed by atoms with E-state index in [-0.39, 0.29) is 0 Å². The van der Waals surface area contributed by atoms with Crippen LogP contribution in [0.2, 0.25) is 0 Å². The summed E-state index contributed by atoms with van der Waals surface area (Å²) in [4.78, 5) is 7.30. The first-order valence-electron chi connectivity index (χ1n) is 11.7. The summed E-state index contributed by atoms with van der Waals surface area (Å²) < 4.78 is 5.98. The van der Waals surface area contributed by atoms with Crippen LogP contribution < -0.4 is 10.2 Å². The molecule has 166 valence electrons. The summed E-state index contributed by atoms with van der Waals surface area (Å²) >= 11 is 0. The number of likely N-dealkylation sites (tertiary alicyclic amines) is 1. The molecule has 3 aliphatic heterocycles. The van der Waals surface area contributed by atoms with Crippen molar-refractivity contribution < 1.29 is 4.74 Å². The summed E-state index contributed by atoms with van der Waals surface area (Å²) in [5, 5.41) is 2.04. The van der Waals surface area contributed by atoms with Gasteiger partial charge in [-0.05, 0) is 74.2 Å². The van der Waals surface area contributed by atoms with Crippen molar-refractivity contribution in [2.75, 3.05) is 32.8 Å². The highest BCUT2D eigenvalue weighted by Gasteiger charge is 2.24. The first-order chi connectivity index (χ1) is 15.7. The molecule has 0 radical (unpaired) electrons. The fourth-order valence-corrected chi connectivity index (χ4v) is 4.54. The maximum absolute atomic E-state index is 5.98. The number of piperidine rings is 1. The predicted molar refractivity (Wildman–Crippen MR) is 131 cm³/mol. The van der Waals surface area contributed by atoms with Gasteiger partial charge in [0.05, 0.1) is 0 Å². The van der Waals surface area contributed by atoms with Gasteiger partial charge < -0.3 is 4.74 Å². The van der Waals surface area contributed by atoms with Crippen molar-refractivity contribution in [2.45, 2.75) is 33.1 Å². The molecule has 0 bridgehead atoms. The molecular weight excluding hydrogens is 396 g/mol. The van der Waals surface area contributed by atoms with E-state index in [4.69, 9.17) is 9.73 Å². The molecule has 0 atom stereocenters. The quantitative estimate of drug-likeness (QED) is 0.719. The van der Waals surface area contributed by atoms with E-state index in [0.717, 1.165) is 42.4 Å². The molecule has 5 heteroatoms. The van der Waals surface area contributed by atoms with Gasteiger partial charge in [0, 0.05) is 36.7 Å². The standard InChI is InChI=1S/C27H32N4O/c1-20-6-7-23(16-21(20)2)26-18-29-31-19-24(17-28-27(26)31)22-8-10-25(11-9-22)32-15-14-30-12-4-3-5-13-30/h6-11,16-17,19,29H,3-5,12-15,18H2,1-2H3. The van der Waals surface area contributed by atoms with Crippen molar-refractivity contribution >= 4 is 17.4 Å². The first kappa shape index (κ1) is 21.0. The van der Waals surface area contributed by atoms with Crippen molar-refractivity contribution in [1.29, 1.82) is 0 Å². The fraction of sp³-hybridized carbons (Fsp3) is 0.370. The van der Waals surface area contributed by atoms with Crippen LogP contribution in [0.25, 0.3) is 11.1 Å². The average Bonchev–Trinajstić information content (AvgIpc) is 3.25. The van der Waals surface area contributed by atoms with Crippen LogP contribution in [0.4, 0.5) is 0 Å². The number of hydrazine groups is 1. The number of hydrogen-bond donors (Lipinski definition) is 1. The van der Waals surface area contributed by atoms with Crippen molar-refractivity contribution in [3.8, 4) is 5.75 Å². The number of aryl methyl sites for hydroxylation is 2. The van der Waals surface area contributed by atoms with E-state index < -0.39 is 0 Å². The van der Waals surface area contributed by atoms with Gasteiger partial charge in [-0.1, -0.05) is 36.8 Å². The molecular formula is C27H32N4O. The molecule has 32 heavy (non-hydrogen) atoms. The minimum atomic E-state index is 0.747. The number of allylic oxidation sites excluding steroid dienone is 1. The lowest BCUT2D eigenvalue weighted by atomic mass is 10.0. The first-order valence-corrected chi connectivity index (χ1v) is 11.7. The lowest BCUT2D eigenvalue weighted by Crippen LogP contribution is -2.33. The van der Waals surface area contributed by atoms with Gasteiger partial charge in [-0.25, -0.2) is 10.4 Å². The second kappa shape index (κ2) is 9.31. The van der Waals surface area contributed by atoms with E-state index in [1.54, 1.807) is 0 Å². The van der Waals surface area contributed by atoms with Gasteiger partial charge in [0.1, 0.15) is 12.4 Å². The molecule has 5 nitrogen and oxygen atoms in total. The maximum Gasteiger partial charge on any atom is 0.152 e. The minimum Gasteiger partial charge on any atom is -0.492 e. The Balaban J connectivity index is 1.23. The monoisotopic (exact) mass is 428 g/mol. The van der Waals surface area contributed by atoms with Crippen LogP contribution in [0.1, 0.15) is 41.5 Å². The molecule has 2 aromatic rings. The zero-order chi connectivity index (χ0) is 21.9. The highest BCUT2D eigenvalue weighted by atomic mass is 16.5. The largest absolute Gasteiger partial charge is 0.492 e. The van der Waals surface area contributed by atoms with Gasteiger partial charge >= 0.3 is 0 Å². The molecule has 0 aliphatic carbocycles. The molecule has 0 saturated carbocycles. The molecule has 0 amide bonds. The van der Waals surface area contributed by atoms with Crippen LogP contribution in [-0.2, 0) is 0 Å². The predicted octanol–water partition coefficient (Wildman–Crippen LogP) is 4.78. The van der Waals surface area contributed by atoms with Gasteiger partial charge in [0.15, 0.2) is 5.82 Å². The van der Waals surface area contributed by atoms with Gasteiger partial charge in [-0.2, -0.15) is 0 Å². The molecule has 3 heterocycles. The number of hydrogen-bond acceptors (Lipinski definition) is 5. The van der Waals surface area contributed by atoms with Crippen molar-refractivity contribution in [2.24, 2.45) is 4.99 Å². The Bertz CT molecular complexity index is 1060. The summed E-state index contributed by atoms with van der Waals surface area (Å²) in [6.07, 6.45) is 8.10. The van der Waals surface area contributed by atoms with Gasteiger partial charge in [-0.3, -0.25) is 9.91 Å². The highest BCUT2D eigenvalue weighted by Crippen LogP contribution is 2.31. The minimum absolute atomic E-state index is 0.747. The summed E-state index contributed by atoms with van der Waals surface area (Å²) in [5.41, 5.74) is 10.8. The smallest absolute Gasteiger partial charge is 0.152 e. The number of fused-ring (bicyclic) bond motifs is 1. The second-order valence-electron chi connectivity index (χ2n) is 8.92. The van der Waals surface area contributed by atoms with Crippen molar-refractivity contribution in [3.05, 3.63) is 76.7 Å². The van der Waals surface area contributed by atoms with Crippen LogP contribution in [0, 0.1) is 13.8 Å². The number of nitrogens with one attached hydrogen (secondary N) is 1. The van der Waals surface area contributed by atoms with E-state index in [1.807, 2.05) is 11.2 Å². The Labute approximate surface area is 191 Å². The molecule has 0 aromatic heterocycles. The number of rotatable bonds is 6. The van der Waals surface area contributed by atoms with E-state index in [0.29, 0.717) is 0 Å². The topological polar surface area (TPSA) is 40.1 Å². The fourth-order valence-electron chi connectivity index (χ4n) is 4.54. The van der Waals surface area contributed by atoms with E-state index in [9.17, 15) is 0 Å². The van der Waals surface area contributed by atoms with Gasteiger partial charge in [0.2, 0.25) is 0 Å². The Kier molecular flexibility index (Phi) is 6.10. The average molecular weight is 429 g/mol. The van der Waals surface area contributed by atoms with Crippen LogP contribution >= 0.6 is 0 Å². The zero-order valence-corrected chi connectivity index (χ0v) is 19.1. The van der Waals surface area contributed by atoms with Gasteiger partial charge in [-0.15, -0.1) is 0 Å². The Hall–Kier alpha value is -2.89. The molecule has 0 unspecified atom stereocenters. The summed E-state index contributed by atoms with van der Waals surface area (Å²) in [5.74, 6) is 1.91. The summed E-state index contributed by atoms with van der Waals surface area (Å²) in [6, 6.07) is 15.0. The Morgan fingerprint density at radius 1 is 0.938 bits per heavy atom. The molecule has 5 rings (SSSR count). The SMILES string of the molecule is Cc1ccc(C2=C3N=CC(c4ccc(OCCN5CCCCC5)cc4)=CN3NC2)cc1C. The summed E-state index contributed by atoms with van der Waals surface area (Å²) in [7, 11) is 0. The third kappa shape index (κ3) is 4.50. The number of nitrogens with zero attached hydrogens (tertiary/aromatic N) is 3. The van der Waals surface area contributed by atoms with Crippen molar-refractivity contribution in [3.63, 3.8) is 0 Å². The zero-order valence-electron chi connectivity index (χ0n) is 19.1. The van der Waals surface area contributed by atoms with Crippen LogP contribution in [-0.4, -0.2) is 48.9 Å². The maximum atomic E-state index is 5.98. The lowest BCUT2D eigenvalue weighted by Gasteiger charge is -2.26. The number of benzene rings is 2. The molecule has 3 aliphatic rings. The lowest BCUT2D eigenvalue weighted by molar-refractivity contribution is 0.183. The van der Waals surface area contributed by atoms with Crippen LogP contribution in [0.15, 0.2) is 59.5 Å².